The molecular weight excluding hydrogens is 899 g/mol. The van der Waals surface area contributed by atoms with E-state index in [2.05, 4.69) is 42.5 Å². The average molecular weight is 970 g/mol. The predicted molar refractivity (Wildman–Crippen MR) is 253 cm³/mol. The van der Waals surface area contributed by atoms with Gasteiger partial charge in [0.15, 0.2) is 0 Å². The molecular formula is C46H71N11O12. The number of nitrogens with two attached hydrogens (primary N) is 3. The van der Waals surface area contributed by atoms with Gasteiger partial charge in [-0.3, -0.25) is 38.4 Å². The second kappa shape index (κ2) is 31.5. The van der Waals surface area contributed by atoms with Crippen molar-refractivity contribution < 1.29 is 58.5 Å². The second-order valence-corrected chi connectivity index (χ2v) is 16.8. The number of carboxylic acid groups (broad SMARTS) is 1. The van der Waals surface area contributed by atoms with Crippen LogP contribution in [0, 0.1) is 5.92 Å². The minimum Gasteiger partial charge on any atom is -0.480 e. The fourth-order valence-electron chi connectivity index (χ4n) is 6.75. The van der Waals surface area contributed by atoms with E-state index < -0.39 is 127 Å². The number of rotatable bonds is 32. The third kappa shape index (κ3) is 22.0. The minimum atomic E-state index is -1.61. The molecule has 0 saturated carbocycles. The number of carbonyl (C=O) groups is 9. The fourth-order valence-corrected chi connectivity index (χ4v) is 6.75. The Labute approximate surface area is 401 Å². The molecule has 2 aromatic rings. The first-order valence-electron chi connectivity index (χ1n) is 22.9. The van der Waals surface area contributed by atoms with Crippen molar-refractivity contribution in [2.24, 2.45) is 23.1 Å². The van der Waals surface area contributed by atoms with Crippen LogP contribution in [0.5, 0.6) is 0 Å². The maximum atomic E-state index is 13.9. The Morgan fingerprint density at radius 3 is 1.42 bits per heavy atom. The van der Waals surface area contributed by atoms with Crippen LogP contribution in [-0.4, -0.2) is 150 Å². The van der Waals surface area contributed by atoms with Crippen molar-refractivity contribution in [2.75, 3.05) is 32.8 Å². The molecule has 0 bridgehead atoms. The molecule has 17 N–H and O–H groups in total. The zero-order chi connectivity index (χ0) is 51.5. The lowest BCUT2D eigenvalue weighted by Gasteiger charge is -2.26. The summed E-state index contributed by atoms with van der Waals surface area (Å²) in [4.78, 5) is 118. The van der Waals surface area contributed by atoms with Crippen molar-refractivity contribution in [3.63, 3.8) is 0 Å². The Morgan fingerprint density at radius 2 is 0.957 bits per heavy atom. The van der Waals surface area contributed by atoms with E-state index in [1.165, 1.54) is 6.92 Å². The van der Waals surface area contributed by atoms with Crippen LogP contribution in [0.2, 0.25) is 0 Å². The number of unbranched alkanes of at least 4 members (excludes halogenated alkanes) is 2. The third-order valence-electron chi connectivity index (χ3n) is 10.7. The standard InChI is InChI=1S/C46H71N11O12/c1-27(2)38(46(68)69)56-44(66)34(23-30-16-8-5-9-17-30)55-43(65)33(22-29-14-6-4-7-15-29)52-36(60)24-51-42(64)35(26-58)53-37(61)25-50-41(63)32(19-11-13-21-48)54-45(67)39(28(3)59)57-40(62)31(49)18-10-12-20-47/h4-9,14-17,27-28,31-35,38-39,58-59H,10-13,18-26,47-49H2,1-3H3,(H,50,63)(H,51,64)(H,52,60)(H,53,61)(H,54,67)(H,55,65)(H,56,66)(H,57,62)(H,68,69). The highest BCUT2D eigenvalue weighted by Crippen LogP contribution is 2.10. The van der Waals surface area contributed by atoms with E-state index in [1.54, 1.807) is 74.5 Å². The van der Waals surface area contributed by atoms with Gasteiger partial charge in [0.1, 0.15) is 36.3 Å². The molecule has 0 aliphatic rings. The van der Waals surface area contributed by atoms with Crippen LogP contribution in [0.3, 0.4) is 0 Å². The van der Waals surface area contributed by atoms with Gasteiger partial charge in [-0.25, -0.2) is 4.79 Å². The predicted octanol–water partition coefficient (Wildman–Crippen LogP) is -3.69. The van der Waals surface area contributed by atoms with Crippen LogP contribution >= 0.6 is 0 Å². The largest absolute Gasteiger partial charge is 0.480 e. The van der Waals surface area contributed by atoms with Crippen molar-refractivity contribution in [1.29, 1.82) is 0 Å². The van der Waals surface area contributed by atoms with Gasteiger partial charge in [0.2, 0.25) is 47.3 Å². The van der Waals surface area contributed by atoms with Crippen LogP contribution < -0.4 is 59.7 Å². The SMILES string of the molecule is CC(C)C(NC(=O)C(Cc1ccccc1)NC(=O)C(Cc1ccccc1)NC(=O)CNC(=O)C(CO)NC(=O)CNC(=O)C(CCCCN)NC(=O)C(NC(=O)C(N)CCCCN)C(C)O)C(=O)O. The summed E-state index contributed by atoms with van der Waals surface area (Å²) < 4.78 is 0. The summed E-state index contributed by atoms with van der Waals surface area (Å²) in [5.74, 6) is -8.55. The number of carbonyl (C=O) groups excluding carboxylic acids is 8. The van der Waals surface area contributed by atoms with E-state index in [-0.39, 0.29) is 32.2 Å². The maximum absolute atomic E-state index is 13.9. The van der Waals surface area contributed by atoms with E-state index in [0.29, 0.717) is 43.4 Å². The Hall–Kier alpha value is -6.53. The summed E-state index contributed by atoms with van der Waals surface area (Å²) in [7, 11) is 0. The van der Waals surface area contributed by atoms with Crippen LogP contribution in [0.25, 0.3) is 0 Å². The highest BCUT2D eigenvalue weighted by atomic mass is 16.4. The lowest BCUT2D eigenvalue weighted by molar-refractivity contribution is -0.143. The van der Waals surface area contributed by atoms with E-state index >= 15 is 0 Å². The van der Waals surface area contributed by atoms with Crippen molar-refractivity contribution in [2.45, 2.75) is 121 Å². The summed E-state index contributed by atoms with van der Waals surface area (Å²) in [6.07, 6.45) is 0.917. The Balaban J connectivity index is 2.11. The molecule has 23 heteroatoms. The summed E-state index contributed by atoms with van der Waals surface area (Å²) in [5.41, 5.74) is 18.3. The van der Waals surface area contributed by atoms with Crippen LogP contribution in [0.4, 0.5) is 0 Å². The molecule has 0 radical (unpaired) electrons. The highest BCUT2D eigenvalue weighted by molar-refractivity contribution is 5.97. The van der Waals surface area contributed by atoms with E-state index in [0.717, 1.165) is 0 Å². The number of aliphatic hydroxyl groups is 2. The van der Waals surface area contributed by atoms with Gasteiger partial charge in [-0.2, -0.15) is 0 Å². The fraction of sp³-hybridized carbons (Fsp3) is 0.543. The lowest BCUT2D eigenvalue weighted by atomic mass is 10.0. The molecule has 23 nitrogen and oxygen atoms in total. The van der Waals surface area contributed by atoms with Crippen molar-refractivity contribution >= 4 is 53.2 Å². The first kappa shape index (κ1) is 58.6. The zero-order valence-corrected chi connectivity index (χ0v) is 39.4. The quantitative estimate of drug-likeness (QED) is 0.0314. The number of benzene rings is 2. The Bertz CT molecular complexity index is 1980. The summed E-state index contributed by atoms with van der Waals surface area (Å²) in [6.45, 7) is 2.79. The van der Waals surface area contributed by atoms with Gasteiger partial charge in [-0.1, -0.05) is 80.9 Å². The Kier molecular flexibility index (Phi) is 26.8. The molecule has 2 aromatic carbocycles. The van der Waals surface area contributed by atoms with Crippen molar-refractivity contribution in [3.8, 4) is 0 Å². The zero-order valence-electron chi connectivity index (χ0n) is 39.4. The smallest absolute Gasteiger partial charge is 0.326 e. The molecule has 0 fully saturated rings. The lowest BCUT2D eigenvalue weighted by Crippen LogP contribution is -2.59. The average Bonchev–Trinajstić information content (AvgIpc) is 3.31. The molecule has 0 spiro atoms. The highest BCUT2D eigenvalue weighted by Gasteiger charge is 2.33. The maximum Gasteiger partial charge on any atom is 0.326 e. The van der Waals surface area contributed by atoms with E-state index in [4.69, 9.17) is 17.2 Å². The monoisotopic (exact) mass is 970 g/mol. The number of nitrogens with one attached hydrogen (secondary N) is 8. The third-order valence-corrected chi connectivity index (χ3v) is 10.7. The molecule has 382 valence electrons. The molecule has 0 saturated heterocycles. The molecule has 69 heavy (non-hydrogen) atoms. The molecule has 8 unspecified atom stereocenters. The first-order chi connectivity index (χ1) is 32.8. The number of aliphatic carboxylic acids is 1. The van der Waals surface area contributed by atoms with Gasteiger partial charge >= 0.3 is 5.97 Å². The van der Waals surface area contributed by atoms with Crippen molar-refractivity contribution in [1.82, 2.24) is 42.5 Å². The van der Waals surface area contributed by atoms with Crippen LogP contribution in [-0.2, 0) is 56.0 Å². The molecule has 0 aliphatic carbocycles. The number of hydrogen-bond donors (Lipinski definition) is 14. The topological polar surface area (TPSA) is 389 Å². The number of aliphatic hydroxyl groups excluding tert-OH is 2. The van der Waals surface area contributed by atoms with Gasteiger partial charge in [-0.05, 0) is 69.2 Å². The van der Waals surface area contributed by atoms with Crippen LogP contribution in [0.1, 0.15) is 70.4 Å². The molecule has 8 amide bonds. The summed E-state index contributed by atoms with van der Waals surface area (Å²) in [5, 5.41) is 49.4. The van der Waals surface area contributed by atoms with Gasteiger partial charge in [0.05, 0.1) is 31.8 Å². The number of carboxylic acids is 1. The summed E-state index contributed by atoms with van der Waals surface area (Å²) >= 11 is 0. The molecule has 2 rings (SSSR count). The first-order valence-corrected chi connectivity index (χ1v) is 22.9. The Morgan fingerprint density at radius 1 is 0.522 bits per heavy atom. The van der Waals surface area contributed by atoms with Crippen LogP contribution in [0.15, 0.2) is 60.7 Å². The van der Waals surface area contributed by atoms with E-state index in [9.17, 15) is 58.5 Å². The molecule has 0 heterocycles. The molecule has 8 atom stereocenters. The molecule has 0 aromatic heterocycles. The number of amides is 8. The van der Waals surface area contributed by atoms with Gasteiger partial charge in [-0.15, -0.1) is 0 Å². The van der Waals surface area contributed by atoms with Gasteiger partial charge in [0.25, 0.3) is 0 Å². The van der Waals surface area contributed by atoms with Gasteiger partial charge < -0.3 is 75.1 Å². The second-order valence-electron chi connectivity index (χ2n) is 16.8. The van der Waals surface area contributed by atoms with E-state index in [1.807, 2.05) is 0 Å². The molecule has 0 aliphatic heterocycles. The van der Waals surface area contributed by atoms with Crippen molar-refractivity contribution in [3.05, 3.63) is 71.8 Å². The number of hydrogen-bond acceptors (Lipinski definition) is 14. The summed E-state index contributed by atoms with van der Waals surface area (Å²) in [6, 6.07) is 8.10. The normalized spacial score (nSPS) is 14.5. The van der Waals surface area contributed by atoms with Gasteiger partial charge in [0, 0.05) is 12.8 Å². The minimum absolute atomic E-state index is 0.0210.